The van der Waals surface area contributed by atoms with Crippen LogP contribution < -0.4 is 15.4 Å². The first-order valence-electron chi connectivity index (χ1n) is 14.5. The van der Waals surface area contributed by atoms with E-state index in [1.807, 2.05) is 0 Å². The molecule has 1 spiro atoms. The standard InChI is InChI=1S/C29H36ClF2N5O3/c30-21-12-22(33)25(32)24-19(21)4-1-6-29(24)14-23-20(16-40-29)26(36-7-3-10-38-11-9-36)35-27(34-23)39-17-28-5-2-8-37(28)15-18(31)13-28/h12,18H,1-11,13-17,33H2/t18-,28?,29+/m1/s1. The molecule has 7 rings (SSSR count). The number of anilines is 2. The molecule has 2 aromatic rings. The second kappa shape index (κ2) is 10.2. The highest BCUT2D eigenvalue weighted by Crippen LogP contribution is 2.49. The van der Waals surface area contributed by atoms with Gasteiger partial charge in [-0.15, -0.1) is 0 Å². The third-order valence-corrected chi connectivity index (χ3v) is 9.89. The van der Waals surface area contributed by atoms with Crippen molar-refractivity contribution < 1.29 is 23.0 Å². The van der Waals surface area contributed by atoms with Gasteiger partial charge in [0, 0.05) is 55.2 Å². The van der Waals surface area contributed by atoms with Gasteiger partial charge >= 0.3 is 6.01 Å². The van der Waals surface area contributed by atoms with Crippen LogP contribution in [-0.2, 0) is 34.5 Å². The first-order valence-corrected chi connectivity index (χ1v) is 14.9. The summed E-state index contributed by atoms with van der Waals surface area (Å²) < 4.78 is 48.6. The summed E-state index contributed by atoms with van der Waals surface area (Å²) in [6.07, 6.45) is 4.97. The van der Waals surface area contributed by atoms with Crippen molar-refractivity contribution in [3.8, 4) is 6.01 Å². The molecule has 3 fully saturated rings. The Morgan fingerprint density at radius 3 is 2.92 bits per heavy atom. The number of fused-ring (bicyclic) bond motifs is 4. The van der Waals surface area contributed by atoms with E-state index in [0.717, 1.165) is 61.4 Å². The fraction of sp³-hybridized carbons (Fsp3) is 0.655. The van der Waals surface area contributed by atoms with Crippen LogP contribution in [0.2, 0.25) is 5.02 Å². The Hall–Kier alpha value is -2.27. The summed E-state index contributed by atoms with van der Waals surface area (Å²) in [6, 6.07) is 1.78. The lowest BCUT2D eigenvalue weighted by molar-refractivity contribution is -0.0876. The number of rotatable bonds is 4. The maximum Gasteiger partial charge on any atom is 0.318 e. The number of alkyl halides is 1. The topological polar surface area (TPSA) is 86.0 Å². The highest BCUT2D eigenvalue weighted by atomic mass is 35.5. The SMILES string of the molecule is Nc1cc(Cl)c2c(c1F)[C@]1(CCC2)Cc2nc(OCC34CCCN3C[C@H](F)C4)nc(N3CCCOCC3)c2CO1. The lowest BCUT2D eigenvalue weighted by Gasteiger charge is -2.43. The van der Waals surface area contributed by atoms with Crippen molar-refractivity contribution in [1.29, 1.82) is 0 Å². The fourth-order valence-electron chi connectivity index (χ4n) is 7.65. The third kappa shape index (κ3) is 4.42. The minimum absolute atomic E-state index is 0.0273. The van der Waals surface area contributed by atoms with Crippen LogP contribution in [0.1, 0.15) is 60.9 Å². The van der Waals surface area contributed by atoms with Crippen molar-refractivity contribution in [2.45, 2.75) is 75.3 Å². The van der Waals surface area contributed by atoms with Gasteiger partial charge in [0.2, 0.25) is 0 Å². The Bertz CT molecular complexity index is 1310. The minimum Gasteiger partial charge on any atom is -0.461 e. The predicted molar refractivity (Wildman–Crippen MR) is 147 cm³/mol. The van der Waals surface area contributed by atoms with Gasteiger partial charge in [-0.1, -0.05) is 11.6 Å². The van der Waals surface area contributed by atoms with Crippen LogP contribution in [0.25, 0.3) is 0 Å². The highest BCUT2D eigenvalue weighted by molar-refractivity contribution is 6.31. The maximum atomic E-state index is 15.6. The van der Waals surface area contributed by atoms with Crippen molar-refractivity contribution in [1.82, 2.24) is 14.9 Å². The number of hydrogen-bond acceptors (Lipinski definition) is 8. The summed E-state index contributed by atoms with van der Waals surface area (Å²) in [7, 11) is 0. The first-order chi connectivity index (χ1) is 19.4. The molecule has 3 saturated heterocycles. The van der Waals surface area contributed by atoms with E-state index in [0.29, 0.717) is 69.2 Å². The monoisotopic (exact) mass is 575 g/mol. The minimum atomic E-state index is -0.914. The molecule has 3 atom stereocenters. The zero-order chi connectivity index (χ0) is 27.5. The quantitative estimate of drug-likeness (QED) is 0.539. The molecule has 216 valence electrons. The van der Waals surface area contributed by atoms with Crippen LogP contribution in [0, 0.1) is 5.82 Å². The summed E-state index contributed by atoms with van der Waals surface area (Å²) >= 11 is 6.55. The number of ether oxygens (including phenoxy) is 3. The summed E-state index contributed by atoms with van der Waals surface area (Å²) in [6.45, 7) is 4.74. The molecule has 2 N–H and O–H groups in total. The van der Waals surface area contributed by atoms with Crippen LogP contribution in [-0.4, -0.2) is 72.6 Å². The molecule has 8 nitrogen and oxygen atoms in total. The smallest absolute Gasteiger partial charge is 0.318 e. The van der Waals surface area contributed by atoms with Gasteiger partial charge in [-0.05, 0) is 56.7 Å². The normalized spacial score (nSPS) is 30.2. The van der Waals surface area contributed by atoms with E-state index < -0.39 is 17.6 Å². The molecule has 0 amide bonds. The van der Waals surface area contributed by atoms with Gasteiger partial charge in [0.1, 0.15) is 24.2 Å². The van der Waals surface area contributed by atoms with E-state index in [1.165, 1.54) is 6.07 Å². The van der Waals surface area contributed by atoms with E-state index in [4.69, 9.17) is 41.5 Å². The lowest BCUT2D eigenvalue weighted by Crippen LogP contribution is -2.44. The number of benzene rings is 1. The molecule has 0 radical (unpaired) electrons. The van der Waals surface area contributed by atoms with Gasteiger partial charge in [0.25, 0.3) is 0 Å². The van der Waals surface area contributed by atoms with Crippen molar-refractivity contribution >= 4 is 23.1 Å². The zero-order valence-corrected chi connectivity index (χ0v) is 23.4. The molecule has 5 aliphatic rings. The maximum absolute atomic E-state index is 15.6. The number of nitrogen functional groups attached to an aromatic ring is 1. The molecule has 11 heteroatoms. The van der Waals surface area contributed by atoms with E-state index in [2.05, 4.69) is 9.80 Å². The molecule has 40 heavy (non-hydrogen) atoms. The third-order valence-electron chi connectivity index (χ3n) is 9.56. The largest absolute Gasteiger partial charge is 0.461 e. The van der Waals surface area contributed by atoms with Gasteiger partial charge in [-0.25, -0.2) is 8.78 Å². The zero-order valence-electron chi connectivity index (χ0n) is 22.7. The summed E-state index contributed by atoms with van der Waals surface area (Å²) in [5.74, 6) is 0.318. The molecular weight excluding hydrogens is 540 g/mol. The Kier molecular flexibility index (Phi) is 6.80. The molecule has 0 saturated carbocycles. The lowest BCUT2D eigenvalue weighted by atomic mass is 9.74. The second-order valence-corrected chi connectivity index (χ2v) is 12.4. The van der Waals surface area contributed by atoms with Crippen LogP contribution in [0.5, 0.6) is 6.01 Å². The molecule has 0 bridgehead atoms. The average Bonchev–Trinajstić information content (AvgIpc) is 3.31. The van der Waals surface area contributed by atoms with Crippen molar-refractivity contribution in [3.63, 3.8) is 0 Å². The molecule has 1 unspecified atom stereocenters. The van der Waals surface area contributed by atoms with E-state index in [-0.39, 0.29) is 23.8 Å². The first kappa shape index (κ1) is 26.6. The molecular formula is C29H36ClF2N5O3. The molecule has 1 aromatic heterocycles. The molecule has 5 heterocycles. The van der Waals surface area contributed by atoms with Gasteiger partial charge in [-0.2, -0.15) is 9.97 Å². The van der Waals surface area contributed by atoms with Gasteiger partial charge < -0.3 is 24.8 Å². The Morgan fingerprint density at radius 2 is 2.02 bits per heavy atom. The van der Waals surface area contributed by atoms with Gasteiger partial charge in [0.05, 0.1) is 30.1 Å². The van der Waals surface area contributed by atoms with Gasteiger partial charge in [-0.3, -0.25) is 4.90 Å². The highest BCUT2D eigenvalue weighted by Gasteiger charge is 2.50. The number of nitrogens with zero attached hydrogens (tertiary/aromatic N) is 4. The fourth-order valence-corrected chi connectivity index (χ4v) is 7.96. The Morgan fingerprint density at radius 1 is 1.12 bits per heavy atom. The summed E-state index contributed by atoms with van der Waals surface area (Å²) in [5, 5.41) is 0.474. The van der Waals surface area contributed by atoms with Crippen molar-refractivity contribution in [3.05, 3.63) is 39.3 Å². The van der Waals surface area contributed by atoms with Crippen LogP contribution in [0.15, 0.2) is 6.07 Å². The van der Waals surface area contributed by atoms with Crippen LogP contribution >= 0.6 is 11.6 Å². The predicted octanol–water partition coefficient (Wildman–Crippen LogP) is 4.34. The van der Waals surface area contributed by atoms with Crippen molar-refractivity contribution in [2.75, 3.05) is 56.6 Å². The Balaban J connectivity index is 1.27. The van der Waals surface area contributed by atoms with Crippen molar-refractivity contribution in [2.24, 2.45) is 0 Å². The molecule has 1 aliphatic carbocycles. The van der Waals surface area contributed by atoms with E-state index >= 15 is 4.39 Å². The molecule has 1 aromatic carbocycles. The second-order valence-electron chi connectivity index (χ2n) is 12.0. The number of hydrogen-bond donors (Lipinski definition) is 1. The number of aromatic nitrogens is 2. The Labute approximate surface area is 238 Å². The number of nitrogens with two attached hydrogens (primary N) is 1. The van der Waals surface area contributed by atoms with Crippen LogP contribution in [0.3, 0.4) is 0 Å². The summed E-state index contributed by atoms with van der Waals surface area (Å²) in [4.78, 5) is 14.2. The van der Waals surface area contributed by atoms with Crippen LogP contribution in [0.4, 0.5) is 20.3 Å². The number of halogens is 3. The average molecular weight is 576 g/mol. The van der Waals surface area contributed by atoms with E-state index in [9.17, 15) is 4.39 Å². The van der Waals surface area contributed by atoms with Gasteiger partial charge in [0.15, 0.2) is 5.82 Å². The van der Waals surface area contributed by atoms with E-state index in [1.54, 1.807) is 0 Å². The summed E-state index contributed by atoms with van der Waals surface area (Å²) in [5.41, 5.74) is 7.75. The molecule has 4 aliphatic heterocycles.